The zero-order valence-electron chi connectivity index (χ0n) is 10.5. The first-order valence-electron chi connectivity index (χ1n) is 5.81. The fraction of sp³-hybridized carbons (Fsp3) is 0.0714. The van der Waals surface area contributed by atoms with Gasteiger partial charge in [-0.15, -0.1) is 12.6 Å². The smallest absolute Gasteiger partial charge is 0.288 e. The molecule has 7 heteroatoms. The third kappa shape index (κ3) is 4.18. The van der Waals surface area contributed by atoms with Gasteiger partial charge in [0, 0.05) is 15.4 Å². The molecular weight excluding hydrogens is 319 g/mol. The van der Waals surface area contributed by atoms with Gasteiger partial charge >= 0.3 is 0 Å². The van der Waals surface area contributed by atoms with Crippen molar-refractivity contribution in [2.24, 2.45) is 0 Å². The van der Waals surface area contributed by atoms with Crippen LogP contribution in [0.25, 0.3) is 0 Å². The molecule has 1 N–H and O–H groups in total. The van der Waals surface area contributed by atoms with Crippen molar-refractivity contribution in [2.75, 3.05) is 5.32 Å². The van der Waals surface area contributed by atoms with E-state index in [4.69, 9.17) is 0 Å². The molecule has 0 radical (unpaired) electrons. The summed E-state index contributed by atoms with van der Waals surface area (Å²) in [7, 11) is 0. The van der Waals surface area contributed by atoms with Crippen molar-refractivity contribution in [1.82, 2.24) is 0 Å². The molecule has 0 saturated carbocycles. The molecule has 0 fully saturated rings. The van der Waals surface area contributed by atoms with Gasteiger partial charge in [-0.05, 0) is 30.3 Å². The summed E-state index contributed by atoms with van der Waals surface area (Å²) in [5.74, 6) is -3.64. The highest BCUT2D eigenvalue weighted by atomic mass is 32.2. The van der Waals surface area contributed by atoms with E-state index in [0.717, 1.165) is 6.07 Å². The summed E-state index contributed by atoms with van der Waals surface area (Å²) in [5.41, 5.74) is 0.469. The predicted octanol–water partition coefficient (Wildman–Crippen LogP) is 4.68. The van der Waals surface area contributed by atoms with Gasteiger partial charge in [0.25, 0.3) is 11.7 Å². The van der Waals surface area contributed by atoms with E-state index in [0.29, 0.717) is 11.8 Å². The summed E-state index contributed by atoms with van der Waals surface area (Å²) < 4.78 is 38.0. The number of anilines is 1. The molecule has 0 spiro atoms. The van der Waals surface area contributed by atoms with Crippen LogP contribution in [0.2, 0.25) is 0 Å². The van der Waals surface area contributed by atoms with Crippen LogP contribution in [-0.4, -0.2) is 11.7 Å². The molecule has 0 unspecified atom stereocenters. The lowest BCUT2D eigenvalue weighted by atomic mass is 10.2. The maximum atomic E-state index is 13.1. The van der Waals surface area contributed by atoms with Gasteiger partial charge in [0.05, 0.1) is 5.69 Å². The van der Waals surface area contributed by atoms with Crippen LogP contribution in [0.4, 0.5) is 18.9 Å². The van der Waals surface area contributed by atoms with E-state index in [1.54, 1.807) is 12.1 Å². The normalized spacial score (nSPS) is 10.7. The Balaban J connectivity index is 2.21. The number of amides is 1. The van der Waals surface area contributed by atoms with Gasteiger partial charge in [0.15, 0.2) is 0 Å². The third-order valence-corrected chi connectivity index (χ3v) is 3.69. The van der Waals surface area contributed by atoms with Crippen LogP contribution in [0.3, 0.4) is 0 Å². The summed E-state index contributed by atoms with van der Waals surface area (Å²) in [5, 5.41) is 2.53. The van der Waals surface area contributed by atoms with Gasteiger partial charge in [-0.3, -0.25) is 4.79 Å². The SMILES string of the molecule is O=C(Nc1ccccc1SC(F)F)c1ccc(F)c(S)c1. The fourth-order valence-electron chi connectivity index (χ4n) is 1.62. The first-order valence-corrected chi connectivity index (χ1v) is 7.14. The van der Waals surface area contributed by atoms with Crippen LogP contribution in [0.5, 0.6) is 0 Å². The predicted molar refractivity (Wildman–Crippen MR) is 79.9 cm³/mol. The molecule has 0 bridgehead atoms. The van der Waals surface area contributed by atoms with Crippen molar-refractivity contribution in [2.45, 2.75) is 15.5 Å². The summed E-state index contributed by atoms with van der Waals surface area (Å²) in [6.45, 7) is 0. The lowest BCUT2D eigenvalue weighted by Gasteiger charge is -2.10. The number of hydrogen-bond acceptors (Lipinski definition) is 3. The molecule has 0 aromatic heterocycles. The van der Waals surface area contributed by atoms with Gasteiger partial charge in [0.2, 0.25) is 0 Å². The molecule has 2 aromatic carbocycles. The number of carbonyl (C=O) groups is 1. The summed E-state index contributed by atoms with van der Waals surface area (Å²) in [4.78, 5) is 12.3. The largest absolute Gasteiger partial charge is 0.321 e. The van der Waals surface area contributed by atoms with E-state index < -0.39 is 17.5 Å². The van der Waals surface area contributed by atoms with E-state index in [9.17, 15) is 18.0 Å². The molecule has 2 aromatic rings. The standard InChI is InChI=1S/C14H10F3NOS2/c15-9-6-5-8(7-11(9)20)13(19)18-10-3-1-2-4-12(10)21-14(16)17/h1-7,14,20H,(H,18,19). The lowest BCUT2D eigenvalue weighted by molar-refractivity contribution is 0.102. The Kier molecular flexibility index (Phi) is 5.19. The van der Waals surface area contributed by atoms with Crippen LogP contribution < -0.4 is 5.32 Å². The van der Waals surface area contributed by atoms with E-state index >= 15 is 0 Å². The summed E-state index contributed by atoms with van der Waals surface area (Å²) >= 11 is 4.24. The molecule has 21 heavy (non-hydrogen) atoms. The van der Waals surface area contributed by atoms with Gasteiger partial charge in [-0.2, -0.15) is 8.78 Å². The van der Waals surface area contributed by atoms with Gasteiger partial charge in [-0.1, -0.05) is 23.9 Å². The van der Waals surface area contributed by atoms with Crippen molar-refractivity contribution in [3.63, 3.8) is 0 Å². The zero-order valence-corrected chi connectivity index (χ0v) is 12.2. The number of hydrogen-bond donors (Lipinski definition) is 2. The van der Waals surface area contributed by atoms with Crippen LogP contribution in [-0.2, 0) is 0 Å². The number of nitrogens with one attached hydrogen (secondary N) is 1. The van der Waals surface area contributed by atoms with E-state index in [2.05, 4.69) is 17.9 Å². The molecule has 0 aliphatic carbocycles. The molecule has 0 aliphatic heterocycles. The summed E-state index contributed by atoms with van der Waals surface area (Å²) in [6.07, 6.45) is 0. The Labute approximate surface area is 129 Å². The van der Waals surface area contributed by atoms with E-state index in [1.807, 2.05) is 0 Å². The molecule has 2 nitrogen and oxygen atoms in total. The average molecular weight is 329 g/mol. The first kappa shape index (κ1) is 15.8. The van der Waals surface area contributed by atoms with Crippen LogP contribution in [0, 0.1) is 5.82 Å². The van der Waals surface area contributed by atoms with Crippen LogP contribution >= 0.6 is 24.4 Å². The van der Waals surface area contributed by atoms with E-state index in [-0.39, 0.29) is 21.0 Å². The van der Waals surface area contributed by atoms with Crippen molar-refractivity contribution in [3.05, 3.63) is 53.8 Å². The Morgan fingerprint density at radius 3 is 2.57 bits per heavy atom. The van der Waals surface area contributed by atoms with E-state index in [1.165, 1.54) is 24.3 Å². The van der Waals surface area contributed by atoms with Crippen molar-refractivity contribution in [1.29, 1.82) is 0 Å². The average Bonchev–Trinajstić information content (AvgIpc) is 2.43. The topological polar surface area (TPSA) is 29.1 Å². The number of alkyl halides is 2. The number of para-hydroxylation sites is 1. The number of thiol groups is 1. The molecule has 0 heterocycles. The minimum Gasteiger partial charge on any atom is -0.321 e. The highest BCUT2D eigenvalue weighted by Crippen LogP contribution is 2.31. The highest BCUT2D eigenvalue weighted by Gasteiger charge is 2.13. The maximum absolute atomic E-state index is 13.1. The molecule has 0 aliphatic rings. The monoisotopic (exact) mass is 329 g/mol. The van der Waals surface area contributed by atoms with Gasteiger partial charge < -0.3 is 5.32 Å². The van der Waals surface area contributed by atoms with Crippen LogP contribution in [0.1, 0.15) is 10.4 Å². The molecule has 0 saturated heterocycles. The van der Waals surface area contributed by atoms with Crippen molar-refractivity contribution < 1.29 is 18.0 Å². The molecule has 2 rings (SSSR count). The fourth-order valence-corrected chi connectivity index (χ4v) is 2.43. The van der Waals surface area contributed by atoms with Gasteiger partial charge in [-0.25, -0.2) is 4.39 Å². The minimum absolute atomic E-state index is 0.0397. The molecular formula is C14H10F3NOS2. The Morgan fingerprint density at radius 1 is 1.19 bits per heavy atom. The maximum Gasteiger partial charge on any atom is 0.288 e. The first-order chi connectivity index (χ1) is 9.97. The zero-order chi connectivity index (χ0) is 15.4. The lowest BCUT2D eigenvalue weighted by Crippen LogP contribution is -2.12. The second-order valence-electron chi connectivity index (χ2n) is 3.99. The Morgan fingerprint density at radius 2 is 1.90 bits per heavy atom. The Hall–Kier alpha value is -1.60. The summed E-state index contributed by atoms with van der Waals surface area (Å²) in [6, 6.07) is 9.93. The second kappa shape index (κ2) is 6.91. The quantitative estimate of drug-likeness (QED) is 0.630. The van der Waals surface area contributed by atoms with Crippen molar-refractivity contribution >= 4 is 36.0 Å². The second-order valence-corrected chi connectivity index (χ2v) is 5.51. The number of benzene rings is 2. The number of carbonyl (C=O) groups excluding carboxylic acids is 1. The van der Waals surface area contributed by atoms with Gasteiger partial charge in [0.1, 0.15) is 5.82 Å². The van der Waals surface area contributed by atoms with Crippen LogP contribution in [0.15, 0.2) is 52.3 Å². The molecule has 0 atom stereocenters. The Bertz CT molecular complexity index is 664. The molecule has 110 valence electrons. The number of rotatable bonds is 4. The van der Waals surface area contributed by atoms with Crippen molar-refractivity contribution in [3.8, 4) is 0 Å². The highest BCUT2D eigenvalue weighted by molar-refractivity contribution is 7.99. The number of thioether (sulfide) groups is 1. The number of halogens is 3. The third-order valence-electron chi connectivity index (χ3n) is 2.56. The molecule has 1 amide bonds. The minimum atomic E-state index is -2.59.